The van der Waals surface area contributed by atoms with Gasteiger partial charge in [0.1, 0.15) is 0 Å². The lowest BCUT2D eigenvalue weighted by atomic mass is 10.0. The summed E-state index contributed by atoms with van der Waals surface area (Å²) in [6.45, 7) is 1.65. The van der Waals surface area contributed by atoms with Crippen molar-refractivity contribution in [1.29, 1.82) is 0 Å². The minimum Gasteiger partial charge on any atom is -0.469 e. The molecule has 0 radical (unpaired) electrons. The second kappa shape index (κ2) is 6.58. The van der Waals surface area contributed by atoms with Crippen molar-refractivity contribution in [3.8, 4) is 0 Å². The molecule has 0 bridgehead atoms. The molecule has 1 heterocycles. The molecule has 114 valence electrons. The van der Waals surface area contributed by atoms with Gasteiger partial charge in [-0.1, -0.05) is 24.3 Å². The molecule has 0 amide bonds. The van der Waals surface area contributed by atoms with Gasteiger partial charge in [-0.3, -0.25) is 4.79 Å². The standard InChI is InChI=1S/C17H23NO3/c1-20-16(19)10-13-4-2-3-5-14(13)11-18-15-8-9-21-17(15)12-6-7-12/h2-5,12,15,17-18H,6-11H2,1H3. The number of hydrogen-bond acceptors (Lipinski definition) is 4. The van der Waals surface area contributed by atoms with Crippen molar-refractivity contribution >= 4 is 5.97 Å². The first kappa shape index (κ1) is 14.5. The number of esters is 1. The van der Waals surface area contributed by atoms with Crippen molar-refractivity contribution in [2.24, 2.45) is 5.92 Å². The molecule has 1 aliphatic heterocycles. The van der Waals surface area contributed by atoms with E-state index < -0.39 is 0 Å². The molecule has 0 aromatic heterocycles. The first-order valence-corrected chi connectivity index (χ1v) is 7.76. The van der Waals surface area contributed by atoms with Crippen LogP contribution in [0.15, 0.2) is 24.3 Å². The highest BCUT2D eigenvalue weighted by Crippen LogP contribution is 2.38. The van der Waals surface area contributed by atoms with Crippen molar-refractivity contribution in [2.45, 2.75) is 44.4 Å². The van der Waals surface area contributed by atoms with Crippen LogP contribution in [0.2, 0.25) is 0 Å². The van der Waals surface area contributed by atoms with E-state index in [0.717, 1.165) is 31.1 Å². The zero-order valence-electron chi connectivity index (χ0n) is 12.5. The summed E-state index contributed by atoms with van der Waals surface area (Å²) in [5.74, 6) is 0.567. The topological polar surface area (TPSA) is 47.6 Å². The number of carbonyl (C=O) groups is 1. The van der Waals surface area contributed by atoms with E-state index in [-0.39, 0.29) is 5.97 Å². The van der Waals surface area contributed by atoms with Gasteiger partial charge in [0.25, 0.3) is 0 Å². The molecule has 2 fully saturated rings. The summed E-state index contributed by atoms with van der Waals surface area (Å²) >= 11 is 0. The van der Waals surface area contributed by atoms with Crippen LogP contribution in [0.25, 0.3) is 0 Å². The summed E-state index contributed by atoms with van der Waals surface area (Å²) < 4.78 is 10.6. The van der Waals surface area contributed by atoms with Gasteiger partial charge in [-0.15, -0.1) is 0 Å². The van der Waals surface area contributed by atoms with Crippen molar-refractivity contribution < 1.29 is 14.3 Å². The van der Waals surface area contributed by atoms with Gasteiger partial charge >= 0.3 is 5.97 Å². The Kier molecular flexibility index (Phi) is 4.56. The Morgan fingerprint density at radius 1 is 1.29 bits per heavy atom. The van der Waals surface area contributed by atoms with Crippen LogP contribution in [0.3, 0.4) is 0 Å². The number of nitrogens with one attached hydrogen (secondary N) is 1. The van der Waals surface area contributed by atoms with Gasteiger partial charge < -0.3 is 14.8 Å². The van der Waals surface area contributed by atoms with Crippen LogP contribution in [0.1, 0.15) is 30.4 Å². The normalized spacial score (nSPS) is 25.0. The average molecular weight is 289 g/mol. The quantitative estimate of drug-likeness (QED) is 0.814. The van der Waals surface area contributed by atoms with Crippen molar-refractivity contribution in [3.63, 3.8) is 0 Å². The Balaban J connectivity index is 1.60. The van der Waals surface area contributed by atoms with Gasteiger partial charge in [0, 0.05) is 19.2 Å². The molecular formula is C17H23NO3. The van der Waals surface area contributed by atoms with E-state index in [1.807, 2.05) is 18.2 Å². The lowest BCUT2D eigenvalue weighted by molar-refractivity contribution is -0.139. The number of ether oxygens (including phenoxy) is 2. The van der Waals surface area contributed by atoms with Gasteiger partial charge in [0.05, 0.1) is 19.6 Å². The summed E-state index contributed by atoms with van der Waals surface area (Å²) in [6, 6.07) is 8.50. The minimum atomic E-state index is -0.192. The van der Waals surface area contributed by atoms with E-state index in [1.165, 1.54) is 25.5 Å². The van der Waals surface area contributed by atoms with Crippen LogP contribution in [0, 0.1) is 5.92 Å². The molecule has 2 aliphatic rings. The monoisotopic (exact) mass is 289 g/mol. The molecule has 3 rings (SSSR count). The van der Waals surface area contributed by atoms with E-state index in [2.05, 4.69) is 11.4 Å². The van der Waals surface area contributed by atoms with Crippen LogP contribution in [-0.4, -0.2) is 31.8 Å². The number of carbonyl (C=O) groups excluding carboxylic acids is 1. The van der Waals surface area contributed by atoms with Crippen molar-refractivity contribution in [2.75, 3.05) is 13.7 Å². The zero-order valence-corrected chi connectivity index (χ0v) is 12.5. The second-order valence-electron chi connectivity index (χ2n) is 5.97. The molecule has 1 aromatic carbocycles. The summed E-state index contributed by atoms with van der Waals surface area (Å²) in [6.07, 6.45) is 4.42. The highest BCUT2D eigenvalue weighted by atomic mass is 16.5. The molecule has 1 aromatic rings. The minimum absolute atomic E-state index is 0.192. The fourth-order valence-electron chi connectivity index (χ4n) is 3.09. The molecule has 4 heteroatoms. The highest BCUT2D eigenvalue weighted by Gasteiger charge is 2.40. The predicted molar refractivity (Wildman–Crippen MR) is 79.9 cm³/mol. The molecule has 1 aliphatic carbocycles. The third-order valence-corrected chi connectivity index (χ3v) is 4.46. The Bertz CT molecular complexity index is 499. The highest BCUT2D eigenvalue weighted by molar-refractivity contribution is 5.72. The Morgan fingerprint density at radius 2 is 2.05 bits per heavy atom. The van der Waals surface area contributed by atoms with Crippen LogP contribution >= 0.6 is 0 Å². The summed E-state index contributed by atoms with van der Waals surface area (Å²) in [5.41, 5.74) is 2.21. The van der Waals surface area contributed by atoms with Crippen molar-refractivity contribution in [3.05, 3.63) is 35.4 Å². The molecule has 2 unspecified atom stereocenters. The fraction of sp³-hybridized carbons (Fsp3) is 0.588. The maximum absolute atomic E-state index is 11.5. The first-order valence-electron chi connectivity index (χ1n) is 7.76. The summed E-state index contributed by atoms with van der Waals surface area (Å²) in [5, 5.41) is 3.62. The summed E-state index contributed by atoms with van der Waals surface area (Å²) in [4.78, 5) is 11.5. The number of methoxy groups -OCH3 is 1. The van der Waals surface area contributed by atoms with Gasteiger partial charge in [0.2, 0.25) is 0 Å². The molecule has 1 saturated heterocycles. The van der Waals surface area contributed by atoms with Gasteiger partial charge in [0.15, 0.2) is 0 Å². The Labute approximate surface area is 125 Å². The van der Waals surface area contributed by atoms with Crippen LogP contribution < -0.4 is 5.32 Å². The van der Waals surface area contributed by atoms with E-state index in [4.69, 9.17) is 9.47 Å². The fourth-order valence-corrected chi connectivity index (χ4v) is 3.09. The van der Waals surface area contributed by atoms with Gasteiger partial charge in [-0.2, -0.15) is 0 Å². The molecule has 4 nitrogen and oxygen atoms in total. The molecule has 1 N–H and O–H groups in total. The van der Waals surface area contributed by atoms with E-state index in [1.54, 1.807) is 0 Å². The zero-order chi connectivity index (χ0) is 14.7. The van der Waals surface area contributed by atoms with E-state index >= 15 is 0 Å². The molecule has 1 saturated carbocycles. The smallest absolute Gasteiger partial charge is 0.309 e. The first-order chi connectivity index (χ1) is 10.3. The maximum atomic E-state index is 11.5. The maximum Gasteiger partial charge on any atom is 0.309 e. The van der Waals surface area contributed by atoms with E-state index in [0.29, 0.717) is 18.6 Å². The molecule has 21 heavy (non-hydrogen) atoms. The van der Waals surface area contributed by atoms with Crippen LogP contribution in [-0.2, 0) is 27.2 Å². The third-order valence-electron chi connectivity index (χ3n) is 4.46. The molecular weight excluding hydrogens is 266 g/mol. The Hall–Kier alpha value is -1.39. The lowest BCUT2D eigenvalue weighted by Gasteiger charge is -2.20. The number of hydrogen-bond donors (Lipinski definition) is 1. The van der Waals surface area contributed by atoms with Gasteiger partial charge in [-0.25, -0.2) is 0 Å². The third kappa shape index (κ3) is 3.63. The predicted octanol–water partition coefficient (Wildman–Crippen LogP) is 2.06. The largest absolute Gasteiger partial charge is 0.469 e. The van der Waals surface area contributed by atoms with Crippen molar-refractivity contribution in [1.82, 2.24) is 5.32 Å². The van der Waals surface area contributed by atoms with Crippen LogP contribution in [0.4, 0.5) is 0 Å². The lowest BCUT2D eigenvalue weighted by Crippen LogP contribution is -2.37. The molecule has 2 atom stereocenters. The summed E-state index contributed by atoms with van der Waals surface area (Å²) in [7, 11) is 1.43. The van der Waals surface area contributed by atoms with Crippen LogP contribution in [0.5, 0.6) is 0 Å². The number of rotatable bonds is 6. The van der Waals surface area contributed by atoms with Gasteiger partial charge in [-0.05, 0) is 36.3 Å². The van der Waals surface area contributed by atoms with E-state index in [9.17, 15) is 4.79 Å². The average Bonchev–Trinajstić information content (AvgIpc) is 3.25. The SMILES string of the molecule is COC(=O)Cc1ccccc1CNC1CCOC1C1CC1. The molecule has 0 spiro atoms. The number of benzene rings is 1. The second-order valence-corrected chi connectivity index (χ2v) is 5.97. The Morgan fingerprint density at radius 3 is 2.76 bits per heavy atom.